The molecule has 0 heterocycles. The molecule has 0 saturated carbocycles. The van der Waals surface area contributed by atoms with E-state index < -0.39 is 0 Å². The number of phenolic OH excluding ortho intramolecular Hbond substituents is 1. The van der Waals surface area contributed by atoms with Crippen LogP contribution in [-0.4, -0.2) is 22.9 Å². The smallest absolute Gasteiger partial charge is 0.251 e. The molecular weight excluding hydrogens is 305 g/mol. The molecule has 0 aliphatic rings. The first kappa shape index (κ1) is 14.3. The SMILES string of the molecule is CC(C)C(CCl)NC(=O)c1ccc(Br)c(O)c1. The van der Waals surface area contributed by atoms with E-state index in [0.717, 1.165) is 0 Å². The van der Waals surface area contributed by atoms with E-state index in [2.05, 4.69) is 21.2 Å². The Bertz CT molecular complexity index is 409. The van der Waals surface area contributed by atoms with Gasteiger partial charge in [0.1, 0.15) is 5.75 Å². The maximum absolute atomic E-state index is 11.9. The van der Waals surface area contributed by atoms with Crippen molar-refractivity contribution in [1.29, 1.82) is 0 Å². The van der Waals surface area contributed by atoms with E-state index >= 15 is 0 Å². The molecule has 0 radical (unpaired) electrons. The number of hydrogen-bond acceptors (Lipinski definition) is 2. The molecule has 0 aliphatic carbocycles. The second-order valence-electron chi connectivity index (χ2n) is 4.14. The average Bonchev–Trinajstić information content (AvgIpc) is 2.28. The number of carbonyl (C=O) groups excluding carboxylic acids is 1. The Hall–Kier alpha value is -0.740. The zero-order valence-corrected chi connectivity index (χ0v) is 12.0. The van der Waals surface area contributed by atoms with E-state index in [1.54, 1.807) is 12.1 Å². The Balaban J connectivity index is 2.79. The Kier molecular flexibility index (Phi) is 5.28. The van der Waals surface area contributed by atoms with Crippen molar-refractivity contribution in [2.75, 3.05) is 5.88 Å². The van der Waals surface area contributed by atoms with Crippen LogP contribution in [0.4, 0.5) is 0 Å². The van der Waals surface area contributed by atoms with Gasteiger partial charge in [0.15, 0.2) is 0 Å². The van der Waals surface area contributed by atoms with Crippen molar-refractivity contribution in [1.82, 2.24) is 5.32 Å². The molecule has 3 nitrogen and oxygen atoms in total. The van der Waals surface area contributed by atoms with Crippen LogP contribution in [0.5, 0.6) is 5.75 Å². The fourth-order valence-corrected chi connectivity index (χ4v) is 1.97. The van der Waals surface area contributed by atoms with Crippen LogP contribution < -0.4 is 5.32 Å². The fraction of sp³-hybridized carbons (Fsp3) is 0.417. The topological polar surface area (TPSA) is 49.3 Å². The summed E-state index contributed by atoms with van der Waals surface area (Å²) in [4.78, 5) is 11.9. The van der Waals surface area contributed by atoms with Gasteiger partial charge in [-0.1, -0.05) is 13.8 Å². The zero-order chi connectivity index (χ0) is 13.0. The van der Waals surface area contributed by atoms with Crippen LogP contribution >= 0.6 is 27.5 Å². The highest BCUT2D eigenvalue weighted by atomic mass is 79.9. The number of aromatic hydroxyl groups is 1. The summed E-state index contributed by atoms with van der Waals surface area (Å²) in [6.45, 7) is 3.98. The molecule has 0 aromatic heterocycles. The van der Waals surface area contributed by atoms with Gasteiger partial charge in [-0.05, 0) is 40.0 Å². The molecular formula is C12H15BrClNO2. The van der Waals surface area contributed by atoms with Gasteiger partial charge in [-0.2, -0.15) is 0 Å². The Labute approximate surface area is 114 Å². The Morgan fingerprint density at radius 1 is 1.53 bits per heavy atom. The van der Waals surface area contributed by atoms with Gasteiger partial charge in [0.2, 0.25) is 0 Å². The third-order valence-corrected chi connectivity index (χ3v) is 3.50. The molecule has 1 unspecified atom stereocenters. The molecule has 0 spiro atoms. The average molecular weight is 321 g/mol. The van der Waals surface area contributed by atoms with E-state index in [0.29, 0.717) is 15.9 Å². The summed E-state index contributed by atoms with van der Waals surface area (Å²) in [7, 11) is 0. The molecule has 0 bridgehead atoms. The van der Waals surface area contributed by atoms with E-state index in [1.807, 2.05) is 13.8 Å². The first-order valence-corrected chi connectivity index (χ1v) is 6.63. The molecule has 1 rings (SSSR count). The lowest BCUT2D eigenvalue weighted by Crippen LogP contribution is -2.39. The van der Waals surface area contributed by atoms with Crippen molar-refractivity contribution < 1.29 is 9.90 Å². The van der Waals surface area contributed by atoms with Gasteiger partial charge in [-0.3, -0.25) is 4.79 Å². The quantitative estimate of drug-likeness (QED) is 0.837. The molecule has 1 aromatic carbocycles. The van der Waals surface area contributed by atoms with Crippen LogP contribution in [-0.2, 0) is 0 Å². The van der Waals surface area contributed by atoms with E-state index in [4.69, 9.17) is 11.6 Å². The number of hydrogen-bond donors (Lipinski definition) is 2. The molecule has 94 valence electrons. The van der Waals surface area contributed by atoms with Crippen LogP contribution in [0.1, 0.15) is 24.2 Å². The molecule has 1 aromatic rings. The van der Waals surface area contributed by atoms with Crippen molar-refractivity contribution in [2.45, 2.75) is 19.9 Å². The number of amides is 1. The van der Waals surface area contributed by atoms with Gasteiger partial charge in [0.25, 0.3) is 5.91 Å². The van der Waals surface area contributed by atoms with Gasteiger partial charge in [0.05, 0.1) is 4.47 Å². The normalized spacial score (nSPS) is 12.5. The lowest BCUT2D eigenvalue weighted by molar-refractivity contribution is 0.0931. The predicted molar refractivity (Wildman–Crippen MR) is 72.6 cm³/mol. The van der Waals surface area contributed by atoms with Crippen LogP contribution in [0, 0.1) is 5.92 Å². The van der Waals surface area contributed by atoms with E-state index in [9.17, 15) is 9.90 Å². The number of rotatable bonds is 4. The summed E-state index contributed by atoms with van der Waals surface area (Å²) in [5.74, 6) is 0.448. The maximum atomic E-state index is 11.9. The molecule has 2 N–H and O–H groups in total. The Morgan fingerprint density at radius 3 is 2.65 bits per heavy atom. The molecule has 0 aliphatic heterocycles. The summed E-state index contributed by atoms with van der Waals surface area (Å²) in [6.07, 6.45) is 0. The highest BCUT2D eigenvalue weighted by Gasteiger charge is 2.16. The highest BCUT2D eigenvalue weighted by Crippen LogP contribution is 2.24. The summed E-state index contributed by atoms with van der Waals surface area (Å²) < 4.78 is 0.562. The standard InChI is InChI=1S/C12H15BrClNO2/c1-7(2)10(6-14)15-12(17)8-3-4-9(13)11(16)5-8/h3-5,7,10,16H,6H2,1-2H3,(H,15,17). The molecule has 0 saturated heterocycles. The van der Waals surface area contributed by atoms with E-state index in [1.165, 1.54) is 6.07 Å². The minimum Gasteiger partial charge on any atom is -0.507 e. The van der Waals surface area contributed by atoms with Crippen molar-refractivity contribution in [3.8, 4) is 5.75 Å². The lowest BCUT2D eigenvalue weighted by Gasteiger charge is -2.19. The highest BCUT2D eigenvalue weighted by molar-refractivity contribution is 9.10. The molecule has 0 fully saturated rings. The van der Waals surface area contributed by atoms with Crippen LogP contribution in [0.15, 0.2) is 22.7 Å². The summed E-state index contributed by atoms with van der Waals surface area (Å²) >= 11 is 8.94. The second kappa shape index (κ2) is 6.26. The minimum absolute atomic E-state index is 0.0459. The van der Waals surface area contributed by atoms with Crippen molar-refractivity contribution in [3.05, 3.63) is 28.2 Å². The van der Waals surface area contributed by atoms with Crippen LogP contribution in [0.25, 0.3) is 0 Å². The minimum atomic E-state index is -0.229. The van der Waals surface area contributed by atoms with Gasteiger partial charge in [-0.15, -0.1) is 11.6 Å². The summed E-state index contributed by atoms with van der Waals surface area (Å²) in [5, 5.41) is 12.3. The van der Waals surface area contributed by atoms with Gasteiger partial charge in [0, 0.05) is 17.5 Å². The number of alkyl halides is 1. The number of nitrogens with one attached hydrogen (secondary N) is 1. The third-order valence-electron chi connectivity index (χ3n) is 2.50. The first-order valence-electron chi connectivity index (χ1n) is 5.31. The number of benzene rings is 1. The third kappa shape index (κ3) is 3.89. The first-order chi connectivity index (χ1) is 7.95. The maximum Gasteiger partial charge on any atom is 0.251 e. The number of carbonyl (C=O) groups is 1. The number of halogens is 2. The van der Waals surface area contributed by atoms with Gasteiger partial charge < -0.3 is 10.4 Å². The molecule has 1 atom stereocenters. The monoisotopic (exact) mass is 319 g/mol. The Morgan fingerprint density at radius 2 is 2.18 bits per heavy atom. The lowest BCUT2D eigenvalue weighted by atomic mass is 10.1. The largest absolute Gasteiger partial charge is 0.507 e. The molecule has 1 amide bonds. The fourth-order valence-electron chi connectivity index (χ4n) is 1.29. The molecule has 17 heavy (non-hydrogen) atoms. The van der Waals surface area contributed by atoms with Crippen LogP contribution in [0.2, 0.25) is 0 Å². The summed E-state index contributed by atoms with van der Waals surface area (Å²) in [6, 6.07) is 4.63. The van der Waals surface area contributed by atoms with Crippen molar-refractivity contribution >= 4 is 33.4 Å². The zero-order valence-electron chi connectivity index (χ0n) is 9.71. The van der Waals surface area contributed by atoms with Crippen LogP contribution in [0.3, 0.4) is 0 Å². The molecule has 5 heteroatoms. The van der Waals surface area contributed by atoms with Crippen molar-refractivity contribution in [3.63, 3.8) is 0 Å². The van der Waals surface area contributed by atoms with E-state index in [-0.39, 0.29) is 23.6 Å². The van der Waals surface area contributed by atoms with Crippen molar-refractivity contribution in [2.24, 2.45) is 5.92 Å². The predicted octanol–water partition coefficient (Wildman–Crippen LogP) is 3.15. The van der Waals surface area contributed by atoms with Gasteiger partial charge >= 0.3 is 0 Å². The second-order valence-corrected chi connectivity index (χ2v) is 5.31. The number of phenols is 1. The van der Waals surface area contributed by atoms with Gasteiger partial charge in [-0.25, -0.2) is 0 Å². The summed E-state index contributed by atoms with van der Waals surface area (Å²) in [5.41, 5.74) is 0.418.